The Kier molecular flexibility index (Phi) is 10.4. The molecule has 10 heteroatoms. The van der Waals surface area contributed by atoms with Gasteiger partial charge in [-0.1, -0.05) is 49.4 Å². The van der Waals surface area contributed by atoms with Crippen molar-refractivity contribution < 1.29 is 34.1 Å². The van der Waals surface area contributed by atoms with Gasteiger partial charge in [0.2, 0.25) is 5.91 Å². The number of Topliss-reactive ketones (excluding diaryl/α,β-unsaturated/α-hetero) is 1. The first-order valence-corrected chi connectivity index (χ1v) is 11.9. The van der Waals surface area contributed by atoms with Crippen molar-refractivity contribution in [3.8, 4) is 5.75 Å². The number of amides is 2. The number of ketones is 1. The summed E-state index contributed by atoms with van der Waals surface area (Å²) in [6.45, 7) is 1.42. The molecule has 0 aliphatic carbocycles. The molecule has 9 nitrogen and oxygen atoms in total. The van der Waals surface area contributed by atoms with Gasteiger partial charge in [0.05, 0.1) is 5.75 Å². The number of rotatable bonds is 12. The molecule has 2 rings (SSSR count). The maximum atomic E-state index is 13.0. The molecule has 0 spiro atoms. The van der Waals surface area contributed by atoms with E-state index in [-0.39, 0.29) is 30.3 Å². The van der Waals surface area contributed by atoms with Crippen molar-refractivity contribution in [3.05, 3.63) is 65.7 Å². The van der Waals surface area contributed by atoms with Crippen molar-refractivity contribution in [3.63, 3.8) is 0 Å². The predicted octanol–water partition coefficient (Wildman–Crippen LogP) is 2.37. The van der Waals surface area contributed by atoms with E-state index in [9.17, 15) is 29.4 Å². The summed E-state index contributed by atoms with van der Waals surface area (Å²) < 4.78 is 5.19. The van der Waals surface area contributed by atoms with Crippen LogP contribution in [0.2, 0.25) is 0 Å². The van der Waals surface area contributed by atoms with Gasteiger partial charge in [-0.25, -0.2) is 9.59 Å². The Morgan fingerprint density at radius 1 is 0.971 bits per heavy atom. The Morgan fingerprint density at radius 2 is 1.62 bits per heavy atom. The average molecular weight is 489 g/mol. The number of hydrogen-bond donors (Lipinski definition) is 4. The molecule has 4 N–H and O–H groups in total. The molecule has 2 aromatic carbocycles. The van der Waals surface area contributed by atoms with E-state index in [0.29, 0.717) is 5.56 Å². The van der Waals surface area contributed by atoms with E-state index in [1.807, 2.05) is 6.07 Å². The minimum Gasteiger partial charge on any atom is -0.508 e. The summed E-state index contributed by atoms with van der Waals surface area (Å²) in [5.41, 5.74) is 1.36. The van der Waals surface area contributed by atoms with Gasteiger partial charge in [0.1, 0.15) is 30.2 Å². The average Bonchev–Trinajstić information content (AvgIpc) is 2.82. The highest BCUT2D eigenvalue weighted by molar-refractivity contribution is 7.99. The Morgan fingerprint density at radius 3 is 2.21 bits per heavy atom. The fourth-order valence-electron chi connectivity index (χ4n) is 3.10. The van der Waals surface area contributed by atoms with E-state index in [2.05, 4.69) is 10.6 Å². The van der Waals surface area contributed by atoms with Crippen LogP contribution in [0.1, 0.15) is 18.1 Å². The number of benzene rings is 2. The molecule has 182 valence electrons. The summed E-state index contributed by atoms with van der Waals surface area (Å²) in [6, 6.07) is 12.3. The lowest BCUT2D eigenvalue weighted by molar-refractivity contribution is -0.145. The molecule has 0 aliphatic rings. The van der Waals surface area contributed by atoms with Crippen LogP contribution in [0.25, 0.3) is 0 Å². The first-order chi connectivity index (χ1) is 16.2. The largest absolute Gasteiger partial charge is 0.508 e. The van der Waals surface area contributed by atoms with Crippen LogP contribution in [-0.4, -0.2) is 58.1 Å². The fourth-order valence-corrected chi connectivity index (χ4v) is 3.65. The Bertz CT molecular complexity index is 983. The topological polar surface area (TPSA) is 142 Å². The van der Waals surface area contributed by atoms with Crippen molar-refractivity contribution in [2.45, 2.75) is 32.0 Å². The van der Waals surface area contributed by atoms with E-state index >= 15 is 0 Å². The molecule has 34 heavy (non-hydrogen) atoms. The Labute approximate surface area is 201 Å². The van der Waals surface area contributed by atoms with E-state index in [4.69, 9.17) is 4.74 Å². The van der Waals surface area contributed by atoms with Crippen LogP contribution in [-0.2, 0) is 32.1 Å². The van der Waals surface area contributed by atoms with Crippen LogP contribution < -0.4 is 10.6 Å². The minimum atomic E-state index is -1.46. The summed E-state index contributed by atoms with van der Waals surface area (Å²) >= 11 is 1.26. The quantitative estimate of drug-likeness (QED) is 0.357. The summed E-state index contributed by atoms with van der Waals surface area (Å²) in [5.74, 6) is -3.26. The number of carbonyl (C=O) groups excluding carboxylic acids is 3. The molecule has 0 radical (unpaired) electrons. The molecule has 2 aromatic rings. The number of carboxylic acids is 1. The van der Waals surface area contributed by atoms with Crippen LogP contribution in [0, 0.1) is 5.92 Å². The first kappa shape index (κ1) is 26.7. The third-order valence-electron chi connectivity index (χ3n) is 5.06. The molecular formula is C24H28N2O7S. The maximum absolute atomic E-state index is 13.0. The van der Waals surface area contributed by atoms with E-state index < -0.39 is 36.0 Å². The van der Waals surface area contributed by atoms with Crippen molar-refractivity contribution in [2.24, 2.45) is 5.92 Å². The highest BCUT2D eigenvalue weighted by atomic mass is 32.2. The van der Waals surface area contributed by atoms with Gasteiger partial charge in [0.15, 0.2) is 0 Å². The molecular weight excluding hydrogens is 460 g/mol. The normalized spacial score (nSPS) is 13.2. The van der Waals surface area contributed by atoms with E-state index in [1.54, 1.807) is 42.7 Å². The molecule has 0 bridgehead atoms. The number of aliphatic carboxylic acids is 1. The standard InChI is InChI=1S/C24H28N2O7S/c1-15(20(28)14-34-2)21(23(30)31)26-22(29)19(12-16-8-10-18(27)11-9-16)25-24(32)33-13-17-6-4-3-5-7-17/h3-11,15,19,21,27H,12-14H2,1-2H3,(H,25,32)(H,26,29)(H,30,31). The summed E-state index contributed by atoms with van der Waals surface area (Å²) in [5, 5.41) is 23.9. The molecule has 3 unspecified atom stereocenters. The smallest absolute Gasteiger partial charge is 0.408 e. The number of nitrogens with one attached hydrogen (secondary N) is 2. The molecule has 0 fully saturated rings. The summed E-state index contributed by atoms with van der Waals surface area (Å²) in [7, 11) is 0. The monoisotopic (exact) mass is 488 g/mol. The highest BCUT2D eigenvalue weighted by Crippen LogP contribution is 2.13. The van der Waals surface area contributed by atoms with Crippen LogP contribution in [0.5, 0.6) is 5.75 Å². The van der Waals surface area contributed by atoms with Crippen LogP contribution >= 0.6 is 11.8 Å². The predicted molar refractivity (Wildman–Crippen MR) is 127 cm³/mol. The number of phenolic OH excluding ortho intramolecular Hbond substituents is 1. The van der Waals surface area contributed by atoms with Crippen molar-refractivity contribution in [1.29, 1.82) is 0 Å². The zero-order chi connectivity index (χ0) is 25.1. The number of aromatic hydroxyl groups is 1. The molecule has 0 saturated heterocycles. The highest BCUT2D eigenvalue weighted by Gasteiger charge is 2.33. The Hall–Kier alpha value is -3.53. The number of hydrogen-bond acceptors (Lipinski definition) is 7. The number of ether oxygens (including phenoxy) is 1. The first-order valence-electron chi connectivity index (χ1n) is 10.5. The fraction of sp³-hybridized carbons (Fsp3) is 0.333. The van der Waals surface area contributed by atoms with E-state index in [0.717, 1.165) is 5.56 Å². The lowest BCUT2D eigenvalue weighted by Gasteiger charge is -2.24. The van der Waals surface area contributed by atoms with Crippen LogP contribution in [0.4, 0.5) is 4.79 Å². The second-order valence-corrected chi connectivity index (χ2v) is 8.51. The maximum Gasteiger partial charge on any atom is 0.408 e. The van der Waals surface area contributed by atoms with Crippen LogP contribution in [0.15, 0.2) is 54.6 Å². The van der Waals surface area contributed by atoms with Gasteiger partial charge in [-0.3, -0.25) is 9.59 Å². The van der Waals surface area contributed by atoms with Crippen molar-refractivity contribution in [1.82, 2.24) is 10.6 Å². The van der Waals surface area contributed by atoms with Gasteiger partial charge in [-0.05, 0) is 29.5 Å². The number of carbonyl (C=O) groups is 4. The zero-order valence-electron chi connectivity index (χ0n) is 18.9. The third-order valence-corrected chi connectivity index (χ3v) is 5.63. The molecule has 0 aliphatic heterocycles. The van der Waals surface area contributed by atoms with Gasteiger partial charge in [0, 0.05) is 12.3 Å². The SMILES string of the molecule is CSCC(=O)C(C)C(NC(=O)C(Cc1ccc(O)cc1)NC(=O)OCc1ccccc1)C(=O)O. The van der Waals surface area contributed by atoms with Gasteiger partial charge >= 0.3 is 12.1 Å². The third kappa shape index (κ3) is 8.43. The molecule has 0 heterocycles. The van der Waals surface area contributed by atoms with Gasteiger partial charge in [-0.15, -0.1) is 0 Å². The Balaban J connectivity index is 2.14. The van der Waals surface area contributed by atoms with Gasteiger partial charge in [-0.2, -0.15) is 11.8 Å². The molecule has 2 amide bonds. The van der Waals surface area contributed by atoms with Gasteiger partial charge in [0.25, 0.3) is 0 Å². The van der Waals surface area contributed by atoms with Crippen molar-refractivity contribution >= 4 is 35.5 Å². The number of phenols is 1. The summed E-state index contributed by atoms with van der Waals surface area (Å²) in [6.07, 6.45) is 0.866. The molecule has 3 atom stereocenters. The lowest BCUT2D eigenvalue weighted by Crippen LogP contribution is -2.55. The second-order valence-electron chi connectivity index (χ2n) is 7.64. The van der Waals surface area contributed by atoms with E-state index in [1.165, 1.54) is 30.8 Å². The summed E-state index contributed by atoms with van der Waals surface area (Å²) in [4.78, 5) is 49.4. The van der Waals surface area contributed by atoms with Gasteiger partial charge < -0.3 is 25.6 Å². The number of thioether (sulfide) groups is 1. The second kappa shape index (κ2) is 13.2. The molecule has 0 saturated carbocycles. The molecule has 0 aromatic heterocycles. The van der Waals surface area contributed by atoms with Crippen molar-refractivity contribution in [2.75, 3.05) is 12.0 Å². The zero-order valence-corrected chi connectivity index (χ0v) is 19.7. The lowest BCUT2D eigenvalue weighted by atomic mass is 9.97. The number of alkyl carbamates (subject to hydrolysis) is 1. The number of carboxylic acid groups (broad SMARTS) is 1. The van der Waals surface area contributed by atoms with Crippen LogP contribution in [0.3, 0.4) is 0 Å². The minimum absolute atomic E-state index is 0.00598.